The van der Waals surface area contributed by atoms with E-state index in [9.17, 15) is 0 Å². The maximum absolute atomic E-state index is 4.22. The molecule has 0 aromatic rings. The van der Waals surface area contributed by atoms with Crippen molar-refractivity contribution in [1.82, 2.24) is 0 Å². The average molecular weight is 292 g/mol. The molecule has 0 amide bonds. The van der Waals surface area contributed by atoms with Crippen molar-refractivity contribution in [2.45, 2.75) is 65.2 Å². The van der Waals surface area contributed by atoms with Gasteiger partial charge in [0.25, 0.3) is 0 Å². The molecule has 5 unspecified atom stereocenters. The molecule has 0 radical (unpaired) electrons. The van der Waals surface area contributed by atoms with Crippen molar-refractivity contribution >= 4 is 0 Å². The molecule has 4 aliphatic rings. The van der Waals surface area contributed by atoms with Gasteiger partial charge in [0.15, 0.2) is 0 Å². The second-order valence-electron chi connectivity index (χ2n) is 8.49. The third kappa shape index (κ3) is 2.36. The van der Waals surface area contributed by atoms with E-state index in [4.69, 9.17) is 0 Å². The molecule has 0 aromatic heterocycles. The molecule has 0 aliphatic heterocycles. The minimum absolute atomic E-state index is 0. The van der Waals surface area contributed by atoms with Crippen LogP contribution in [0.2, 0.25) is 0 Å². The Hall–Kier alpha value is 0.480. The van der Waals surface area contributed by atoms with Gasteiger partial charge in [0.1, 0.15) is 0 Å². The van der Waals surface area contributed by atoms with Crippen LogP contribution < -0.4 is 29.6 Å². The summed E-state index contributed by atoms with van der Waals surface area (Å²) >= 11 is 0. The Kier molecular flexibility index (Phi) is 4.31. The van der Waals surface area contributed by atoms with Gasteiger partial charge in [-0.25, -0.2) is 0 Å². The van der Waals surface area contributed by atoms with Crippen LogP contribution in [0, 0.1) is 35.0 Å². The second-order valence-corrected chi connectivity index (χ2v) is 8.49. The van der Waals surface area contributed by atoms with Crippen molar-refractivity contribution < 1.29 is 29.6 Å². The third-order valence-electron chi connectivity index (χ3n) is 7.61. The third-order valence-corrected chi connectivity index (χ3v) is 7.61. The van der Waals surface area contributed by atoms with Crippen LogP contribution in [-0.4, -0.2) is 0 Å². The predicted molar refractivity (Wildman–Crippen MR) is 85.1 cm³/mol. The minimum atomic E-state index is 0. The van der Waals surface area contributed by atoms with Crippen molar-refractivity contribution in [3.63, 3.8) is 0 Å². The topological polar surface area (TPSA) is 0 Å². The quantitative estimate of drug-likeness (QED) is 0.476. The van der Waals surface area contributed by atoms with Gasteiger partial charge in [0, 0.05) is 0 Å². The van der Waals surface area contributed by atoms with Crippen LogP contribution in [0.3, 0.4) is 0 Å². The molecule has 0 N–H and O–H groups in total. The molecular weight excluding hydrogens is 263 g/mol. The molecule has 0 nitrogen and oxygen atoms in total. The largest absolute Gasteiger partial charge is 1.00 e. The summed E-state index contributed by atoms with van der Waals surface area (Å²) in [4.78, 5) is 0. The van der Waals surface area contributed by atoms with Gasteiger partial charge in [-0.1, -0.05) is 62.8 Å². The maximum atomic E-state index is 4.22. The maximum Gasteiger partial charge on any atom is 1.00 e. The normalized spacial score (nSPS) is 48.6. The van der Waals surface area contributed by atoms with Crippen LogP contribution in [0.15, 0.2) is 23.8 Å². The number of fused-ring (bicyclic) bond motifs is 5. The summed E-state index contributed by atoms with van der Waals surface area (Å²) in [5.41, 5.74) is 4.22. The monoisotopic (exact) mass is 292 g/mol. The SMILES string of the molecule is C=C1C=C2CCC3C4CC[CH-]C4(C)CCC3C2(C)CC1.[Na+]. The molecule has 5 atom stereocenters. The van der Waals surface area contributed by atoms with Crippen molar-refractivity contribution in [3.8, 4) is 0 Å². The summed E-state index contributed by atoms with van der Waals surface area (Å²) in [6.45, 7) is 9.36. The van der Waals surface area contributed by atoms with Crippen LogP contribution in [-0.2, 0) is 0 Å². The molecule has 3 fully saturated rings. The fraction of sp³-hybridized carbons (Fsp3) is 0.750. The summed E-state index contributed by atoms with van der Waals surface area (Å²) in [7, 11) is 0. The molecule has 0 heterocycles. The fourth-order valence-electron chi connectivity index (χ4n) is 6.39. The van der Waals surface area contributed by atoms with Gasteiger partial charge >= 0.3 is 29.6 Å². The first kappa shape index (κ1) is 16.3. The summed E-state index contributed by atoms with van der Waals surface area (Å²) < 4.78 is 0. The Balaban J connectivity index is 0.00000132. The van der Waals surface area contributed by atoms with Crippen molar-refractivity contribution in [2.24, 2.45) is 28.6 Å². The van der Waals surface area contributed by atoms with Crippen LogP contribution >= 0.6 is 0 Å². The Labute approximate surface area is 153 Å². The molecule has 110 valence electrons. The first-order valence-corrected chi connectivity index (χ1v) is 8.76. The van der Waals surface area contributed by atoms with E-state index in [2.05, 4.69) is 32.9 Å². The zero-order chi connectivity index (χ0) is 14.0. The standard InChI is InChI=1S/C20H29.Na/c1-14-8-12-20(3)15(13-14)6-7-16-17-5-4-10-19(17,2)11-9-18(16)20;/h10,13,16-18H,1,4-9,11-12H2,2-3H3;/q-1;+1. The van der Waals surface area contributed by atoms with Gasteiger partial charge in [-0.15, -0.1) is 0 Å². The van der Waals surface area contributed by atoms with Gasteiger partial charge in [-0.2, -0.15) is 11.8 Å². The fourth-order valence-corrected chi connectivity index (χ4v) is 6.39. The zero-order valence-corrected chi connectivity index (χ0v) is 16.3. The average Bonchev–Trinajstić information content (AvgIpc) is 2.81. The first-order valence-electron chi connectivity index (χ1n) is 8.76. The van der Waals surface area contributed by atoms with Crippen LogP contribution in [0.4, 0.5) is 0 Å². The smallest absolute Gasteiger partial charge is 0.322 e. The van der Waals surface area contributed by atoms with Gasteiger partial charge < -0.3 is 6.42 Å². The number of allylic oxidation sites excluding steroid dienone is 3. The molecule has 0 saturated heterocycles. The number of hydrogen-bond acceptors (Lipinski definition) is 0. The molecule has 3 saturated carbocycles. The van der Waals surface area contributed by atoms with Gasteiger partial charge in [-0.05, 0) is 42.9 Å². The van der Waals surface area contributed by atoms with Crippen LogP contribution in [0.5, 0.6) is 0 Å². The van der Waals surface area contributed by atoms with Crippen molar-refractivity contribution in [1.29, 1.82) is 0 Å². The minimum Gasteiger partial charge on any atom is -0.322 e. The molecular formula is C20H29Na. The molecule has 4 aliphatic carbocycles. The molecule has 4 rings (SSSR count). The summed E-state index contributed by atoms with van der Waals surface area (Å²) in [5.74, 6) is 2.95. The second kappa shape index (κ2) is 5.53. The first-order chi connectivity index (χ1) is 9.53. The van der Waals surface area contributed by atoms with E-state index in [1.54, 1.807) is 5.57 Å². The number of rotatable bonds is 0. The van der Waals surface area contributed by atoms with Gasteiger partial charge in [0.05, 0.1) is 0 Å². The van der Waals surface area contributed by atoms with E-state index in [-0.39, 0.29) is 29.6 Å². The Morgan fingerprint density at radius 3 is 2.71 bits per heavy atom. The van der Waals surface area contributed by atoms with Crippen molar-refractivity contribution in [2.75, 3.05) is 0 Å². The van der Waals surface area contributed by atoms with E-state index in [1.165, 1.54) is 56.9 Å². The summed E-state index contributed by atoms with van der Waals surface area (Å²) in [5, 5.41) is 0. The molecule has 0 aromatic carbocycles. The molecule has 1 heteroatoms. The Morgan fingerprint density at radius 2 is 1.90 bits per heavy atom. The predicted octanol–water partition coefficient (Wildman–Crippen LogP) is 2.71. The zero-order valence-electron chi connectivity index (χ0n) is 14.3. The molecule has 21 heavy (non-hydrogen) atoms. The summed E-state index contributed by atoms with van der Waals surface area (Å²) in [6, 6.07) is 0. The van der Waals surface area contributed by atoms with E-state index < -0.39 is 0 Å². The Morgan fingerprint density at radius 1 is 1.10 bits per heavy atom. The molecule has 0 spiro atoms. The van der Waals surface area contributed by atoms with Crippen LogP contribution in [0.25, 0.3) is 0 Å². The van der Waals surface area contributed by atoms with Gasteiger partial charge in [0.2, 0.25) is 0 Å². The van der Waals surface area contributed by atoms with Crippen molar-refractivity contribution in [3.05, 3.63) is 30.2 Å². The van der Waals surface area contributed by atoms with Gasteiger partial charge in [-0.3, -0.25) is 0 Å². The molecule has 0 bridgehead atoms. The van der Waals surface area contributed by atoms with E-state index in [1.807, 2.05) is 0 Å². The van der Waals surface area contributed by atoms with Crippen LogP contribution in [0.1, 0.15) is 65.2 Å². The van der Waals surface area contributed by atoms with E-state index >= 15 is 0 Å². The number of hydrogen-bond donors (Lipinski definition) is 0. The summed E-state index contributed by atoms with van der Waals surface area (Å²) in [6.07, 6.45) is 16.3. The van der Waals surface area contributed by atoms with E-state index in [0.29, 0.717) is 10.8 Å². The Bertz CT molecular complexity index is 476. The van der Waals surface area contributed by atoms with E-state index in [0.717, 1.165) is 17.8 Å².